The number of nitrogens with zero attached hydrogens (tertiary/aromatic N) is 1. The van der Waals surface area contributed by atoms with E-state index in [1.54, 1.807) is 0 Å². The zero-order valence-corrected chi connectivity index (χ0v) is 34.7. The molecule has 12 aromatic rings. The van der Waals surface area contributed by atoms with Crippen LogP contribution >= 0.6 is 11.3 Å². The van der Waals surface area contributed by atoms with Crippen LogP contribution in [0.3, 0.4) is 0 Å². The van der Waals surface area contributed by atoms with Crippen LogP contribution in [0.1, 0.15) is 0 Å². The van der Waals surface area contributed by atoms with Gasteiger partial charge in [-0.2, -0.15) is 0 Å². The van der Waals surface area contributed by atoms with Crippen molar-refractivity contribution in [1.82, 2.24) is 0 Å². The second kappa shape index (κ2) is 15.0. The Hall–Kier alpha value is -7.78. The van der Waals surface area contributed by atoms with Crippen LogP contribution < -0.4 is 4.90 Å². The first kappa shape index (κ1) is 36.1. The van der Waals surface area contributed by atoms with Crippen molar-refractivity contribution < 1.29 is 0 Å². The summed E-state index contributed by atoms with van der Waals surface area (Å²) >= 11 is 1.88. The van der Waals surface area contributed by atoms with Crippen molar-refractivity contribution >= 4 is 80.9 Å². The summed E-state index contributed by atoms with van der Waals surface area (Å²) in [7, 11) is 0. The Morgan fingerprint density at radius 1 is 0.274 bits per heavy atom. The van der Waals surface area contributed by atoms with E-state index in [0.717, 1.165) is 17.1 Å². The first-order valence-electron chi connectivity index (χ1n) is 21.2. The van der Waals surface area contributed by atoms with Crippen LogP contribution in [-0.2, 0) is 0 Å². The molecule has 0 N–H and O–H groups in total. The standard InChI is InChI=1S/C60H39NS/c1-3-16-42(17-4-1)58-54-25-10-9-23-51(54)52-36-35-49(39-56(52)59(58)43-18-5-2-6-19-43)61(48-22-13-21-45(38-48)46-30-29-40-15-7-8-20-44(40)37-46)47-33-31-41(32-34-47)50-26-14-27-55-53-24-11-12-28-57(53)62-60(50)55/h1-39H. The quantitative estimate of drug-likeness (QED) is 0.145. The van der Waals surface area contributed by atoms with Gasteiger partial charge in [-0.1, -0.05) is 188 Å². The molecule has 0 radical (unpaired) electrons. The smallest absolute Gasteiger partial charge is 0.0468 e. The molecule has 12 rings (SSSR count). The lowest BCUT2D eigenvalue weighted by molar-refractivity contribution is 1.29. The van der Waals surface area contributed by atoms with Gasteiger partial charge >= 0.3 is 0 Å². The average molecular weight is 806 g/mol. The highest BCUT2D eigenvalue weighted by molar-refractivity contribution is 7.26. The van der Waals surface area contributed by atoms with Gasteiger partial charge in [0.05, 0.1) is 0 Å². The molecule has 11 aromatic carbocycles. The summed E-state index contributed by atoms with van der Waals surface area (Å²) in [5.41, 5.74) is 13.0. The van der Waals surface area contributed by atoms with Gasteiger partial charge in [0, 0.05) is 37.2 Å². The minimum atomic E-state index is 1.10. The van der Waals surface area contributed by atoms with E-state index < -0.39 is 0 Å². The molecule has 0 unspecified atom stereocenters. The van der Waals surface area contributed by atoms with Gasteiger partial charge in [-0.05, 0) is 125 Å². The maximum absolute atomic E-state index is 2.43. The van der Waals surface area contributed by atoms with E-state index in [0.29, 0.717) is 0 Å². The minimum Gasteiger partial charge on any atom is -0.310 e. The Morgan fingerprint density at radius 2 is 0.823 bits per heavy atom. The lowest BCUT2D eigenvalue weighted by Crippen LogP contribution is -2.10. The van der Waals surface area contributed by atoms with Crippen molar-refractivity contribution in [3.8, 4) is 44.5 Å². The molecule has 290 valence electrons. The Bertz CT molecular complexity index is 3620. The van der Waals surface area contributed by atoms with E-state index in [1.807, 2.05) is 11.3 Å². The molecule has 0 saturated carbocycles. The minimum absolute atomic E-state index is 1.10. The summed E-state index contributed by atoms with van der Waals surface area (Å²) in [5, 5.41) is 10.1. The first-order chi connectivity index (χ1) is 30.7. The van der Waals surface area contributed by atoms with E-state index >= 15 is 0 Å². The highest BCUT2D eigenvalue weighted by Crippen LogP contribution is 2.48. The van der Waals surface area contributed by atoms with E-state index in [4.69, 9.17) is 0 Å². The molecule has 0 aliphatic rings. The first-order valence-corrected chi connectivity index (χ1v) is 22.1. The number of anilines is 3. The van der Waals surface area contributed by atoms with Crippen molar-refractivity contribution in [1.29, 1.82) is 0 Å². The molecule has 1 aromatic heterocycles. The lowest BCUT2D eigenvalue weighted by atomic mass is 9.85. The van der Waals surface area contributed by atoms with Gasteiger partial charge in [0.1, 0.15) is 0 Å². The molecule has 1 heterocycles. The van der Waals surface area contributed by atoms with E-state index in [9.17, 15) is 0 Å². The van der Waals surface area contributed by atoms with Crippen LogP contribution in [0, 0.1) is 0 Å². The van der Waals surface area contributed by atoms with Crippen LogP contribution in [0.2, 0.25) is 0 Å². The molecule has 0 aliphatic carbocycles. The van der Waals surface area contributed by atoms with Crippen LogP contribution in [0.25, 0.3) is 97.0 Å². The van der Waals surface area contributed by atoms with Crippen molar-refractivity contribution in [3.05, 3.63) is 237 Å². The van der Waals surface area contributed by atoms with Gasteiger partial charge in [0.15, 0.2) is 0 Å². The number of fused-ring (bicyclic) bond motifs is 7. The maximum atomic E-state index is 2.43. The number of thiophene rings is 1. The average Bonchev–Trinajstić information content (AvgIpc) is 3.73. The van der Waals surface area contributed by atoms with E-state index in [1.165, 1.54) is 97.0 Å². The third-order valence-corrected chi connectivity index (χ3v) is 13.6. The zero-order chi connectivity index (χ0) is 41.0. The number of rotatable bonds is 7. The monoisotopic (exact) mass is 805 g/mol. The van der Waals surface area contributed by atoms with Crippen LogP contribution in [-0.4, -0.2) is 0 Å². The van der Waals surface area contributed by atoms with Crippen LogP contribution in [0.5, 0.6) is 0 Å². The van der Waals surface area contributed by atoms with Gasteiger partial charge < -0.3 is 4.90 Å². The molecule has 0 aliphatic heterocycles. The number of hydrogen-bond donors (Lipinski definition) is 0. The molecule has 0 atom stereocenters. The summed E-state index contributed by atoms with van der Waals surface area (Å²) in [6.45, 7) is 0. The SMILES string of the molecule is c1ccc(-c2c(-c3ccccc3)c3cc(N(c4ccc(-c5cccc6c5sc5ccccc56)cc4)c4cccc(-c5ccc6ccccc6c5)c4)ccc3c3ccccc23)cc1. The summed E-state index contributed by atoms with van der Waals surface area (Å²) in [5.74, 6) is 0. The molecule has 1 nitrogen and oxygen atoms in total. The predicted molar refractivity (Wildman–Crippen MR) is 268 cm³/mol. The van der Waals surface area contributed by atoms with Crippen molar-refractivity contribution in [2.24, 2.45) is 0 Å². The predicted octanol–water partition coefficient (Wildman–Crippen LogP) is 17.7. The van der Waals surface area contributed by atoms with Crippen molar-refractivity contribution in [2.75, 3.05) is 4.90 Å². The Balaban J connectivity index is 1.08. The molecular weight excluding hydrogens is 767 g/mol. The summed E-state index contributed by atoms with van der Waals surface area (Å²) in [6.07, 6.45) is 0. The maximum Gasteiger partial charge on any atom is 0.0468 e. The highest BCUT2D eigenvalue weighted by atomic mass is 32.1. The topological polar surface area (TPSA) is 3.24 Å². The number of hydrogen-bond acceptors (Lipinski definition) is 2. The molecule has 0 saturated heterocycles. The fraction of sp³-hybridized carbons (Fsp3) is 0. The van der Waals surface area contributed by atoms with Crippen molar-refractivity contribution in [3.63, 3.8) is 0 Å². The molecule has 0 fully saturated rings. The van der Waals surface area contributed by atoms with E-state index in [2.05, 4.69) is 241 Å². The summed E-state index contributed by atoms with van der Waals surface area (Å²) in [6, 6.07) is 86.8. The van der Waals surface area contributed by atoms with E-state index in [-0.39, 0.29) is 0 Å². The van der Waals surface area contributed by atoms with Gasteiger partial charge in [-0.3, -0.25) is 0 Å². The second-order valence-electron chi connectivity index (χ2n) is 16.0. The van der Waals surface area contributed by atoms with Gasteiger partial charge in [-0.25, -0.2) is 0 Å². The fourth-order valence-corrected chi connectivity index (χ4v) is 10.8. The van der Waals surface area contributed by atoms with Gasteiger partial charge in [0.2, 0.25) is 0 Å². The van der Waals surface area contributed by atoms with Crippen molar-refractivity contribution in [2.45, 2.75) is 0 Å². The fourth-order valence-electron chi connectivity index (χ4n) is 9.53. The highest BCUT2D eigenvalue weighted by Gasteiger charge is 2.21. The largest absolute Gasteiger partial charge is 0.310 e. The summed E-state index contributed by atoms with van der Waals surface area (Å²) < 4.78 is 2.64. The number of benzene rings is 11. The molecular formula is C60H39NS. The lowest BCUT2D eigenvalue weighted by Gasteiger charge is -2.27. The van der Waals surface area contributed by atoms with Crippen LogP contribution in [0.4, 0.5) is 17.1 Å². The third-order valence-electron chi connectivity index (χ3n) is 12.4. The molecule has 0 spiro atoms. The molecule has 0 bridgehead atoms. The van der Waals surface area contributed by atoms with Gasteiger partial charge in [-0.15, -0.1) is 11.3 Å². The molecule has 2 heteroatoms. The second-order valence-corrected chi connectivity index (χ2v) is 17.1. The molecule has 0 amide bonds. The normalized spacial score (nSPS) is 11.5. The molecule has 62 heavy (non-hydrogen) atoms. The summed E-state index contributed by atoms with van der Waals surface area (Å²) in [4.78, 5) is 2.43. The Morgan fingerprint density at radius 3 is 1.61 bits per heavy atom. The van der Waals surface area contributed by atoms with Gasteiger partial charge in [0.25, 0.3) is 0 Å². The third kappa shape index (κ3) is 6.15. The Kier molecular flexibility index (Phi) is 8.76. The Labute approximate surface area is 365 Å². The van der Waals surface area contributed by atoms with Crippen LogP contribution in [0.15, 0.2) is 237 Å². The zero-order valence-electron chi connectivity index (χ0n) is 33.9.